The Morgan fingerprint density at radius 3 is 2.85 bits per heavy atom. The van der Waals surface area contributed by atoms with Gasteiger partial charge >= 0.3 is 0 Å². The number of ketones is 1. The molecule has 5 heteroatoms. The van der Waals surface area contributed by atoms with Crippen LogP contribution >= 0.6 is 27.3 Å². The maximum Gasteiger partial charge on any atom is 0.195 e. The molecule has 3 rings (SSSR count). The molecule has 0 bridgehead atoms. The van der Waals surface area contributed by atoms with E-state index in [1.54, 1.807) is 6.07 Å². The van der Waals surface area contributed by atoms with Crippen molar-refractivity contribution in [1.29, 1.82) is 0 Å². The molecule has 1 heterocycles. The first-order valence-corrected chi connectivity index (χ1v) is 7.57. The number of hydrogen-bond acceptors (Lipinski definition) is 3. The highest BCUT2D eigenvalue weighted by Crippen LogP contribution is 2.24. The number of nitrogens with zero attached hydrogens (tertiary/aromatic N) is 1. The second-order valence-electron chi connectivity index (χ2n) is 4.32. The molecule has 2 nitrogen and oxygen atoms in total. The topological polar surface area (TPSA) is 30.0 Å². The Hall–Kier alpha value is -1.59. The summed E-state index contributed by atoms with van der Waals surface area (Å²) in [7, 11) is 0. The molecular weight excluding hydrogens is 341 g/mol. The molecule has 3 aromatic rings. The van der Waals surface area contributed by atoms with Crippen LogP contribution in [0.15, 0.2) is 46.9 Å². The monoisotopic (exact) mass is 349 g/mol. The highest BCUT2D eigenvalue weighted by molar-refractivity contribution is 9.10. The van der Waals surface area contributed by atoms with Gasteiger partial charge in [0, 0.05) is 10.9 Å². The van der Waals surface area contributed by atoms with Gasteiger partial charge in [-0.1, -0.05) is 28.1 Å². The zero-order valence-corrected chi connectivity index (χ0v) is 12.7. The van der Waals surface area contributed by atoms with Crippen LogP contribution in [0, 0.1) is 5.82 Å². The fourth-order valence-corrected chi connectivity index (χ4v) is 3.21. The van der Waals surface area contributed by atoms with Gasteiger partial charge in [0.15, 0.2) is 10.8 Å². The molecule has 0 N–H and O–H groups in total. The van der Waals surface area contributed by atoms with E-state index in [4.69, 9.17) is 0 Å². The summed E-state index contributed by atoms with van der Waals surface area (Å²) in [5, 5.41) is 0.461. The molecule has 0 unspecified atom stereocenters. The van der Waals surface area contributed by atoms with Crippen molar-refractivity contribution in [3.63, 3.8) is 0 Å². The Morgan fingerprint density at radius 2 is 2.05 bits per heavy atom. The third kappa shape index (κ3) is 2.64. The van der Waals surface area contributed by atoms with Gasteiger partial charge in [0.2, 0.25) is 0 Å². The van der Waals surface area contributed by atoms with E-state index in [1.165, 1.54) is 23.5 Å². The van der Waals surface area contributed by atoms with Crippen LogP contribution in [0.4, 0.5) is 4.39 Å². The van der Waals surface area contributed by atoms with Gasteiger partial charge in [-0.15, -0.1) is 11.3 Å². The Bertz CT molecular complexity index is 766. The average molecular weight is 350 g/mol. The second kappa shape index (κ2) is 5.42. The van der Waals surface area contributed by atoms with Crippen molar-refractivity contribution in [2.75, 3.05) is 0 Å². The molecule has 1 aromatic heterocycles. The predicted octanol–water partition coefficient (Wildman–Crippen LogP) is 4.62. The minimum Gasteiger partial charge on any atom is -0.291 e. The van der Waals surface area contributed by atoms with Crippen LogP contribution in [-0.2, 0) is 6.42 Å². The van der Waals surface area contributed by atoms with Crippen LogP contribution in [0.2, 0.25) is 0 Å². The first-order valence-electron chi connectivity index (χ1n) is 5.96. The van der Waals surface area contributed by atoms with Crippen molar-refractivity contribution in [1.82, 2.24) is 4.98 Å². The second-order valence-corrected chi connectivity index (χ2v) is 6.21. The van der Waals surface area contributed by atoms with Crippen molar-refractivity contribution in [3.05, 3.63) is 63.3 Å². The van der Waals surface area contributed by atoms with Crippen molar-refractivity contribution in [2.24, 2.45) is 0 Å². The van der Waals surface area contributed by atoms with E-state index in [1.807, 2.05) is 24.3 Å². The summed E-state index contributed by atoms with van der Waals surface area (Å²) in [4.78, 5) is 16.6. The van der Waals surface area contributed by atoms with Gasteiger partial charge in [-0.25, -0.2) is 9.37 Å². The lowest BCUT2D eigenvalue weighted by molar-refractivity contribution is 0.0992. The Kier molecular flexibility index (Phi) is 3.63. The quantitative estimate of drug-likeness (QED) is 0.645. The summed E-state index contributed by atoms with van der Waals surface area (Å²) in [5.74, 6) is -0.446. The van der Waals surface area contributed by atoms with Crippen molar-refractivity contribution >= 4 is 43.3 Å². The van der Waals surface area contributed by atoms with E-state index in [9.17, 15) is 9.18 Å². The lowest BCUT2D eigenvalue weighted by atomic mass is 10.1. The van der Waals surface area contributed by atoms with Gasteiger partial charge in [0.25, 0.3) is 0 Å². The number of aromatic nitrogens is 1. The lowest BCUT2D eigenvalue weighted by Gasteiger charge is -2.02. The smallest absolute Gasteiger partial charge is 0.195 e. The van der Waals surface area contributed by atoms with E-state index >= 15 is 0 Å². The van der Waals surface area contributed by atoms with E-state index in [0.29, 0.717) is 10.6 Å². The number of halogens is 2. The van der Waals surface area contributed by atoms with Crippen LogP contribution in [0.25, 0.3) is 10.2 Å². The fourth-order valence-electron chi connectivity index (χ4n) is 1.92. The highest BCUT2D eigenvalue weighted by atomic mass is 79.9. The molecular formula is C15H9BrFNOS. The molecule has 0 aliphatic rings. The summed E-state index contributed by atoms with van der Waals surface area (Å²) < 4.78 is 14.9. The average Bonchev–Trinajstić information content (AvgIpc) is 2.87. The van der Waals surface area contributed by atoms with Gasteiger partial charge in [-0.3, -0.25) is 4.79 Å². The van der Waals surface area contributed by atoms with E-state index in [0.717, 1.165) is 14.7 Å². The molecule has 0 saturated heterocycles. The molecule has 0 aliphatic carbocycles. The lowest BCUT2D eigenvalue weighted by Crippen LogP contribution is -2.03. The first kappa shape index (κ1) is 13.4. The summed E-state index contributed by atoms with van der Waals surface area (Å²) in [6.45, 7) is 0. The molecule has 0 fully saturated rings. The van der Waals surface area contributed by atoms with Gasteiger partial charge in [0.1, 0.15) is 5.82 Å². The first-order chi connectivity index (χ1) is 9.63. The number of Topliss-reactive ketones (excluding diaryl/α,β-unsaturated/α-hetero) is 1. The zero-order valence-electron chi connectivity index (χ0n) is 10.3. The van der Waals surface area contributed by atoms with Gasteiger partial charge < -0.3 is 0 Å². The fraction of sp³-hybridized carbons (Fsp3) is 0.0667. The van der Waals surface area contributed by atoms with Crippen molar-refractivity contribution < 1.29 is 9.18 Å². The maximum absolute atomic E-state index is 13.2. The number of rotatable bonds is 3. The SMILES string of the molecule is O=C(Cc1cc(F)ccc1Br)c1nc2ccccc2s1. The van der Waals surface area contributed by atoms with Crippen LogP contribution in [-0.4, -0.2) is 10.8 Å². The number of fused-ring (bicyclic) bond motifs is 1. The highest BCUT2D eigenvalue weighted by Gasteiger charge is 2.14. The maximum atomic E-state index is 13.2. The Balaban J connectivity index is 1.90. The minimum absolute atomic E-state index is 0.0995. The molecule has 0 atom stereocenters. The van der Waals surface area contributed by atoms with Gasteiger partial charge in [-0.05, 0) is 35.9 Å². The zero-order chi connectivity index (χ0) is 14.1. The Morgan fingerprint density at radius 1 is 1.25 bits per heavy atom. The number of hydrogen-bond donors (Lipinski definition) is 0. The van der Waals surface area contributed by atoms with Crippen LogP contribution in [0.1, 0.15) is 15.4 Å². The normalized spacial score (nSPS) is 10.9. The summed E-state index contributed by atoms with van der Waals surface area (Å²) in [5.41, 5.74) is 1.45. The largest absolute Gasteiger partial charge is 0.291 e. The molecule has 0 spiro atoms. The molecule has 0 saturated carbocycles. The Labute approximate surface area is 127 Å². The summed E-state index contributed by atoms with van der Waals surface area (Å²) >= 11 is 4.70. The number of carbonyl (C=O) groups is 1. The van der Waals surface area contributed by atoms with Gasteiger partial charge in [-0.2, -0.15) is 0 Å². The van der Waals surface area contributed by atoms with Crippen molar-refractivity contribution in [3.8, 4) is 0 Å². The molecule has 0 aliphatic heterocycles. The number of carbonyl (C=O) groups excluding carboxylic acids is 1. The molecule has 0 amide bonds. The molecule has 2 aromatic carbocycles. The van der Waals surface area contributed by atoms with E-state index in [2.05, 4.69) is 20.9 Å². The van der Waals surface area contributed by atoms with Gasteiger partial charge in [0.05, 0.1) is 10.2 Å². The van der Waals surface area contributed by atoms with E-state index < -0.39 is 0 Å². The standard InChI is InChI=1S/C15H9BrFNOS/c16-11-6-5-10(17)7-9(11)8-13(19)15-18-12-3-1-2-4-14(12)20-15/h1-7H,8H2. The number of para-hydroxylation sites is 1. The summed E-state index contributed by atoms with van der Waals surface area (Å²) in [6.07, 6.45) is 0.137. The third-order valence-corrected chi connectivity index (χ3v) is 4.74. The molecule has 0 radical (unpaired) electrons. The number of thiazole rings is 1. The van der Waals surface area contributed by atoms with Crippen LogP contribution < -0.4 is 0 Å². The number of benzene rings is 2. The predicted molar refractivity (Wildman–Crippen MR) is 81.8 cm³/mol. The van der Waals surface area contributed by atoms with Crippen LogP contribution in [0.5, 0.6) is 0 Å². The van der Waals surface area contributed by atoms with Crippen molar-refractivity contribution in [2.45, 2.75) is 6.42 Å². The molecule has 20 heavy (non-hydrogen) atoms. The third-order valence-electron chi connectivity index (χ3n) is 2.89. The minimum atomic E-state index is -0.347. The van der Waals surface area contributed by atoms with E-state index in [-0.39, 0.29) is 18.0 Å². The van der Waals surface area contributed by atoms with Crippen LogP contribution in [0.3, 0.4) is 0 Å². The summed E-state index contributed by atoms with van der Waals surface area (Å²) in [6, 6.07) is 11.9. The molecule has 100 valence electrons.